The van der Waals surface area contributed by atoms with Gasteiger partial charge < -0.3 is 14.4 Å². The van der Waals surface area contributed by atoms with Gasteiger partial charge in [0.15, 0.2) is 0 Å². The van der Waals surface area contributed by atoms with Crippen molar-refractivity contribution in [1.82, 2.24) is 4.90 Å². The highest BCUT2D eigenvalue weighted by atomic mass is 32.2. The fourth-order valence-electron chi connectivity index (χ4n) is 2.72. The Morgan fingerprint density at radius 1 is 1.43 bits per heavy atom. The Kier molecular flexibility index (Phi) is 3.45. The zero-order valence-corrected chi connectivity index (χ0v) is 13.0. The molecule has 2 heterocycles. The summed E-state index contributed by atoms with van der Waals surface area (Å²) in [6.07, 6.45) is 0. The van der Waals surface area contributed by atoms with E-state index >= 15 is 0 Å². The van der Waals surface area contributed by atoms with E-state index in [0.29, 0.717) is 27.7 Å². The quantitative estimate of drug-likeness (QED) is 0.920. The summed E-state index contributed by atoms with van der Waals surface area (Å²) in [7, 11) is 0. The monoisotopic (exact) mass is 303 g/mol. The molecule has 1 N–H and O–H groups in total. The molecule has 21 heavy (non-hydrogen) atoms. The normalized spacial score (nSPS) is 18.3. The molecule has 1 aliphatic heterocycles. The van der Waals surface area contributed by atoms with Crippen molar-refractivity contribution in [2.75, 3.05) is 6.54 Å². The molecule has 0 fully saturated rings. The van der Waals surface area contributed by atoms with Crippen molar-refractivity contribution in [3.05, 3.63) is 45.2 Å². The third-order valence-electron chi connectivity index (χ3n) is 3.77. The minimum absolute atomic E-state index is 0.0480. The number of hydrogen-bond donors (Lipinski definition) is 1. The number of thioether (sulfide) groups is 1. The highest BCUT2D eigenvalue weighted by Crippen LogP contribution is 2.36. The third-order valence-corrected chi connectivity index (χ3v) is 4.78. The van der Waals surface area contributed by atoms with E-state index in [4.69, 9.17) is 4.42 Å². The molecule has 2 aromatic rings. The van der Waals surface area contributed by atoms with E-state index in [1.54, 1.807) is 24.8 Å². The van der Waals surface area contributed by atoms with Crippen LogP contribution in [0.5, 0.6) is 5.75 Å². The van der Waals surface area contributed by atoms with Crippen molar-refractivity contribution in [3.63, 3.8) is 0 Å². The van der Waals surface area contributed by atoms with Crippen LogP contribution in [0.2, 0.25) is 0 Å². The molecule has 0 radical (unpaired) electrons. The Morgan fingerprint density at radius 2 is 2.19 bits per heavy atom. The van der Waals surface area contributed by atoms with Gasteiger partial charge in [-0.1, -0.05) is 0 Å². The standard InChI is InChI=1S/C16H17NO3S/c1-4-17-10(3)21-8-13(17)15-9(2)20-14-7-11(18)5-6-12(14)16(15)19/h5-8,10,18H,4H2,1-3H3. The van der Waals surface area contributed by atoms with E-state index in [1.807, 2.05) is 5.41 Å². The van der Waals surface area contributed by atoms with Crippen LogP contribution in [-0.2, 0) is 0 Å². The van der Waals surface area contributed by atoms with E-state index in [9.17, 15) is 9.90 Å². The van der Waals surface area contributed by atoms with Crippen LogP contribution in [0.4, 0.5) is 0 Å². The van der Waals surface area contributed by atoms with Gasteiger partial charge in [0.2, 0.25) is 5.43 Å². The van der Waals surface area contributed by atoms with Crippen LogP contribution in [0, 0.1) is 6.92 Å². The van der Waals surface area contributed by atoms with Gasteiger partial charge in [-0.15, -0.1) is 11.8 Å². The smallest absolute Gasteiger partial charge is 0.202 e. The first-order chi connectivity index (χ1) is 10.0. The van der Waals surface area contributed by atoms with E-state index < -0.39 is 0 Å². The summed E-state index contributed by atoms with van der Waals surface area (Å²) in [4.78, 5) is 15.0. The summed E-state index contributed by atoms with van der Waals surface area (Å²) in [5, 5.41) is 12.4. The zero-order valence-electron chi connectivity index (χ0n) is 12.2. The number of aryl methyl sites for hydroxylation is 1. The maximum absolute atomic E-state index is 12.8. The van der Waals surface area contributed by atoms with E-state index in [1.165, 1.54) is 12.1 Å². The Morgan fingerprint density at radius 3 is 2.90 bits per heavy atom. The maximum Gasteiger partial charge on any atom is 0.202 e. The van der Waals surface area contributed by atoms with Gasteiger partial charge in [0.1, 0.15) is 17.1 Å². The van der Waals surface area contributed by atoms with Crippen LogP contribution in [0.1, 0.15) is 25.2 Å². The first kappa shape index (κ1) is 14.1. The Labute approximate surface area is 127 Å². The molecule has 1 aliphatic rings. The molecular formula is C16H17NO3S. The highest BCUT2D eigenvalue weighted by molar-refractivity contribution is 8.03. The van der Waals surface area contributed by atoms with Gasteiger partial charge in [0, 0.05) is 12.6 Å². The molecular weight excluding hydrogens is 286 g/mol. The van der Waals surface area contributed by atoms with Crippen molar-refractivity contribution in [3.8, 4) is 5.75 Å². The Hall–Kier alpha value is -1.88. The van der Waals surface area contributed by atoms with Crippen molar-refractivity contribution in [1.29, 1.82) is 0 Å². The third kappa shape index (κ3) is 2.21. The molecule has 5 heteroatoms. The number of fused-ring (bicyclic) bond motifs is 1. The molecule has 0 bridgehead atoms. The molecule has 110 valence electrons. The predicted molar refractivity (Wildman–Crippen MR) is 86.3 cm³/mol. The molecule has 1 aromatic heterocycles. The maximum atomic E-state index is 12.8. The zero-order chi connectivity index (χ0) is 15.1. The lowest BCUT2D eigenvalue weighted by atomic mass is 10.1. The number of phenols is 1. The molecule has 0 saturated carbocycles. The molecule has 1 atom stereocenters. The van der Waals surface area contributed by atoms with Crippen molar-refractivity contribution < 1.29 is 9.52 Å². The van der Waals surface area contributed by atoms with Crippen LogP contribution in [0.25, 0.3) is 16.7 Å². The van der Waals surface area contributed by atoms with Crippen LogP contribution in [0.15, 0.2) is 32.8 Å². The average Bonchev–Trinajstić information content (AvgIpc) is 2.79. The van der Waals surface area contributed by atoms with E-state index in [2.05, 4.69) is 18.7 Å². The number of hydrogen-bond acceptors (Lipinski definition) is 5. The van der Waals surface area contributed by atoms with E-state index in [-0.39, 0.29) is 11.2 Å². The first-order valence-electron chi connectivity index (χ1n) is 6.92. The number of nitrogens with zero attached hydrogens (tertiary/aromatic N) is 1. The second kappa shape index (κ2) is 5.15. The number of aromatic hydroxyl groups is 1. The summed E-state index contributed by atoms with van der Waals surface area (Å²) < 4.78 is 5.76. The van der Waals surface area contributed by atoms with Crippen LogP contribution < -0.4 is 5.43 Å². The van der Waals surface area contributed by atoms with Crippen molar-refractivity contribution >= 4 is 28.4 Å². The van der Waals surface area contributed by atoms with Gasteiger partial charge in [-0.25, -0.2) is 0 Å². The molecule has 4 nitrogen and oxygen atoms in total. The summed E-state index contributed by atoms with van der Waals surface area (Å²) in [5.74, 6) is 0.676. The summed E-state index contributed by atoms with van der Waals surface area (Å²) in [5.41, 5.74) is 1.92. The fraction of sp³-hybridized carbons (Fsp3) is 0.312. The lowest BCUT2D eigenvalue weighted by Gasteiger charge is -2.25. The SMILES string of the molecule is CCN1C(c2c(C)oc3cc(O)ccc3c2=O)=CSC1C. The second-order valence-electron chi connectivity index (χ2n) is 5.07. The van der Waals surface area contributed by atoms with Crippen molar-refractivity contribution in [2.45, 2.75) is 26.1 Å². The number of rotatable bonds is 2. The Balaban J connectivity index is 2.25. The van der Waals surface area contributed by atoms with Gasteiger partial charge in [0.05, 0.1) is 22.0 Å². The largest absolute Gasteiger partial charge is 0.508 e. The van der Waals surface area contributed by atoms with Crippen LogP contribution >= 0.6 is 11.8 Å². The lowest BCUT2D eigenvalue weighted by molar-refractivity contribution is 0.416. The first-order valence-corrected chi connectivity index (χ1v) is 7.86. The summed E-state index contributed by atoms with van der Waals surface area (Å²) in [6, 6.07) is 4.60. The van der Waals surface area contributed by atoms with Crippen molar-refractivity contribution in [2.24, 2.45) is 0 Å². The van der Waals surface area contributed by atoms with Gasteiger partial charge in [-0.05, 0) is 38.3 Å². The molecule has 1 aromatic carbocycles. The lowest BCUT2D eigenvalue weighted by Crippen LogP contribution is -2.27. The van der Waals surface area contributed by atoms with Gasteiger partial charge in [-0.3, -0.25) is 4.79 Å². The van der Waals surface area contributed by atoms with Gasteiger partial charge in [0.25, 0.3) is 0 Å². The molecule has 0 spiro atoms. The fourth-order valence-corrected chi connectivity index (χ4v) is 3.71. The minimum atomic E-state index is -0.0480. The average molecular weight is 303 g/mol. The summed E-state index contributed by atoms with van der Waals surface area (Å²) in [6.45, 7) is 6.83. The summed E-state index contributed by atoms with van der Waals surface area (Å²) >= 11 is 1.70. The number of benzene rings is 1. The molecule has 0 aliphatic carbocycles. The second-order valence-corrected chi connectivity index (χ2v) is 6.26. The molecule has 0 amide bonds. The molecule has 0 saturated heterocycles. The van der Waals surface area contributed by atoms with Gasteiger partial charge in [-0.2, -0.15) is 0 Å². The van der Waals surface area contributed by atoms with E-state index in [0.717, 1.165) is 12.2 Å². The predicted octanol–water partition coefficient (Wildman–Crippen LogP) is 3.52. The molecule has 1 unspecified atom stereocenters. The minimum Gasteiger partial charge on any atom is -0.508 e. The Bertz CT molecular complexity index is 794. The topological polar surface area (TPSA) is 53.7 Å². The molecule has 3 rings (SSSR count). The van der Waals surface area contributed by atoms with Gasteiger partial charge >= 0.3 is 0 Å². The highest BCUT2D eigenvalue weighted by Gasteiger charge is 2.27. The number of phenolic OH excluding ortho intramolecular Hbond substituents is 1. The van der Waals surface area contributed by atoms with Crippen LogP contribution in [0.3, 0.4) is 0 Å². The van der Waals surface area contributed by atoms with Crippen LogP contribution in [-0.4, -0.2) is 21.9 Å².